The van der Waals surface area contributed by atoms with Gasteiger partial charge in [0.05, 0.1) is 6.07 Å². The zero-order valence-electron chi connectivity index (χ0n) is 11.6. The summed E-state index contributed by atoms with van der Waals surface area (Å²) in [5.41, 5.74) is 0.0627. The average Bonchev–Trinajstić information content (AvgIpc) is 2.46. The molecule has 0 N–H and O–H groups in total. The summed E-state index contributed by atoms with van der Waals surface area (Å²) in [5, 5.41) is 9.46. The van der Waals surface area contributed by atoms with Crippen molar-refractivity contribution in [2.75, 3.05) is 26.2 Å². The molecule has 6 heteroatoms. The second kappa shape index (κ2) is 5.78. The highest BCUT2D eigenvalue weighted by Crippen LogP contribution is 2.17. The topological polar surface area (TPSA) is 60.2 Å². The second-order valence-electron chi connectivity index (χ2n) is 5.32. The Bertz CT molecular complexity index is 544. The molecule has 2 heterocycles. The number of halogens is 1. The van der Waals surface area contributed by atoms with Gasteiger partial charge in [-0.2, -0.15) is 5.26 Å². The maximum Gasteiger partial charge on any atom is 0.254 e. The van der Waals surface area contributed by atoms with Gasteiger partial charge in [0.25, 0.3) is 5.91 Å². The lowest BCUT2D eigenvalue weighted by Gasteiger charge is -2.40. The van der Waals surface area contributed by atoms with Crippen LogP contribution in [0.4, 0.5) is 0 Å². The van der Waals surface area contributed by atoms with Gasteiger partial charge >= 0.3 is 0 Å². The molecule has 0 saturated carbocycles. The summed E-state index contributed by atoms with van der Waals surface area (Å²) in [6, 6.07) is 5.54. The fourth-order valence-electron chi connectivity index (χ4n) is 2.26. The number of carbonyl (C=O) groups excluding carboxylic acids is 1. The molecule has 0 aromatic carbocycles. The summed E-state index contributed by atoms with van der Waals surface area (Å²) in [5.74, 6) is -0.0382. The number of piperazine rings is 1. The molecular weight excluding hydrogens is 276 g/mol. The molecule has 1 aliphatic rings. The number of nitriles is 1. The maximum absolute atomic E-state index is 12.3. The number of carbonyl (C=O) groups is 1. The largest absolute Gasteiger partial charge is 0.336 e. The van der Waals surface area contributed by atoms with Crippen LogP contribution in [-0.4, -0.2) is 52.4 Å². The van der Waals surface area contributed by atoms with Crippen LogP contribution in [0.2, 0.25) is 5.15 Å². The first-order chi connectivity index (χ1) is 9.44. The summed E-state index contributed by atoms with van der Waals surface area (Å²) in [6.45, 7) is 6.42. The third-order valence-electron chi connectivity index (χ3n) is 3.60. The van der Waals surface area contributed by atoms with E-state index in [1.165, 1.54) is 6.20 Å². The third-order valence-corrected chi connectivity index (χ3v) is 3.81. The van der Waals surface area contributed by atoms with Crippen molar-refractivity contribution in [1.29, 1.82) is 5.26 Å². The normalized spacial score (nSPS) is 16.8. The van der Waals surface area contributed by atoms with Crippen molar-refractivity contribution in [3.8, 4) is 6.07 Å². The first kappa shape index (κ1) is 14.8. The Kier molecular flexibility index (Phi) is 4.26. The first-order valence-corrected chi connectivity index (χ1v) is 6.89. The minimum absolute atomic E-state index is 0.0382. The highest BCUT2D eigenvalue weighted by atomic mass is 35.5. The molecule has 0 spiro atoms. The van der Waals surface area contributed by atoms with Crippen molar-refractivity contribution in [3.05, 3.63) is 29.0 Å². The van der Waals surface area contributed by atoms with Crippen LogP contribution >= 0.6 is 11.6 Å². The van der Waals surface area contributed by atoms with Crippen LogP contribution in [0.1, 0.15) is 24.2 Å². The molecule has 1 amide bonds. The van der Waals surface area contributed by atoms with Gasteiger partial charge in [0.2, 0.25) is 0 Å². The number of hydrogen-bond acceptors (Lipinski definition) is 4. The Labute approximate surface area is 123 Å². The standard InChI is InChI=1S/C14H17ClN4O/c1-14(2,10-16)19-7-5-18(6-8-19)13(20)11-3-4-17-12(15)9-11/h3-4,9H,5-8H2,1-2H3. The van der Waals surface area contributed by atoms with Crippen LogP contribution in [0, 0.1) is 11.3 Å². The molecule has 0 bridgehead atoms. The molecule has 1 fully saturated rings. The molecule has 0 radical (unpaired) electrons. The van der Waals surface area contributed by atoms with Crippen molar-refractivity contribution in [2.45, 2.75) is 19.4 Å². The monoisotopic (exact) mass is 292 g/mol. The Balaban J connectivity index is 2.01. The van der Waals surface area contributed by atoms with Gasteiger partial charge in [-0.25, -0.2) is 4.98 Å². The SMILES string of the molecule is CC(C)(C#N)N1CCN(C(=O)c2ccnc(Cl)c2)CC1. The van der Waals surface area contributed by atoms with Gasteiger partial charge in [-0.15, -0.1) is 0 Å². The van der Waals surface area contributed by atoms with E-state index in [2.05, 4.69) is 16.0 Å². The zero-order valence-corrected chi connectivity index (χ0v) is 12.4. The minimum Gasteiger partial charge on any atom is -0.336 e. The van der Waals surface area contributed by atoms with Gasteiger partial charge in [-0.1, -0.05) is 11.6 Å². The minimum atomic E-state index is -0.491. The molecule has 5 nitrogen and oxygen atoms in total. The Morgan fingerprint density at radius 2 is 2.05 bits per heavy atom. The number of aromatic nitrogens is 1. The third kappa shape index (κ3) is 3.09. The van der Waals surface area contributed by atoms with E-state index in [-0.39, 0.29) is 5.91 Å². The fraction of sp³-hybridized carbons (Fsp3) is 0.500. The number of nitrogens with zero attached hydrogens (tertiary/aromatic N) is 4. The van der Waals surface area contributed by atoms with E-state index in [1.54, 1.807) is 17.0 Å². The highest BCUT2D eigenvalue weighted by Gasteiger charge is 2.31. The van der Waals surface area contributed by atoms with Gasteiger partial charge in [-0.3, -0.25) is 9.69 Å². The van der Waals surface area contributed by atoms with Crippen molar-refractivity contribution >= 4 is 17.5 Å². The van der Waals surface area contributed by atoms with Crippen LogP contribution in [0.15, 0.2) is 18.3 Å². The summed E-state index contributed by atoms with van der Waals surface area (Å²) >= 11 is 5.80. The van der Waals surface area contributed by atoms with Crippen LogP contribution < -0.4 is 0 Å². The molecule has 1 saturated heterocycles. The number of amides is 1. The van der Waals surface area contributed by atoms with Crippen molar-refractivity contribution < 1.29 is 4.79 Å². The average molecular weight is 293 g/mol. The van der Waals surface area contributed by atoms with E-state index in [0.29, 0.717) is 36.9 Å². The van der Waals surface area contributed by atoms with Crippen LogP contribution in [0.3, 0.4) is 0 Å². The predicted octanol–water partition coefficient (Wildman–Crippen LogP) is 1.79. The quantitative estimate of drug-likeness (QED) is 0.780. The summed E-state index contributed by atoms with van der Waals surface area (Å²) in [4.78, 5) is 20.1. The van der Waals surface area contributed by atoms with E-state index in [1.807, 2.05) is 13.8 Å². The molecule has 0 atom stereocenters. The fourth-order valence-corrected chi connectivity index (χ4v) is 2.43. The molecule has 1 aliphatic heterocycles. The lowest BCUT2D eigenvalue weighted by Crippen LogP contribution is -2.55. The smallest absolute Gasteiger partial charge is 0.254 e. The lowest BCUT2D eigenvalue weighted by molar-refractivity contribution is 0.0521. The van der Waals surface area contributed by atoms with Crippen LogP contribution in [0.25, 0.3) is 0 Å². The lowest BCUT2D eigenvalue weighted by atomic mass is 10.0. The van der Waals surface area contributed by atoms with E-state index in [4.69, 9.17) is 16.9 Å². The number of pyridine rings is 1. The van der Waals surface area contributed by atoms with E-state index in [0.717, 1.165) is 0 Å². The van der Waals surface area contributed by atoms with Gasteiger partial charge < -0.3 is 4.90 Å². The predicted molar refractivity (Wildman–Crippen MR) is 76.4 cm³/mol. The zero-order chi connectivity index (χ0) is 14.8. The maximum atomic E-state index is 12.3. The van der Waals surface area contributed by atoms with E-state index < -0.39 is 5.54 Å². The molecule has 0 aliphatic carbocycles. The molecule has 1 aromatic heterocycles. The summed E-state index contributed by atoms with van der Waals surface area (Å²) in [7, 11) is 0. The van der Waals surface area contributed by atoms with Gasteiger partial charge in [0.1, 0.15) is 10.7 Å². The highest BCUT2D eigenvalue weighted by molar-refractivity contribution is 6.29. The second-order valence-corrected chi connectivity index (χ2v) is 5.70. The number of hydrogen-bond donors (Lipinski definition) is 0. The van der Waals surface area contributed by atoms with Crippen LogP contribution in [-0.2, 0) is 0 Å². The van der Waals surface area contributed by atoms with Crippen molar-refractivity contribution in [2.24, 2.45) is 0 Å². The molecule has 106 valence electrons. The Morgan fingerprint density at radius 1 is 1.40 bits per heavy atom. The molecule has 1 aromatic rings. The Hall–Kier alpha value is -1.64. The van der Waals surface area contributed by atoms with Crippen molar-refractivity contribution in [1.82, 2.24) is 14.8 Å². The first-order valence-electron chi connectivity index (χ1n) is 6.51. The van der Waals surface area contributed by atoms with Gasteiger partial charge in [-0.05, 0) is 26.0 Å². The molecule has 0 unspecified atom stereocenters. The summed E-state index contributed by atoms with van der Waals surface area (Å²) < 4.78 is 0. The molecule has 20 heavy (non-hydrogen) atoms. The summed E-state index contributed by atoms with van der Waals surface area (Å²) in [6.07, 6.45) is 1.53. The van der Waals surface area contributed by atoms with Crippen molar-refractivity contribution in [3.63, 3.8) is 0 Å². The molecule has 2 rings (SSSR count). The number of rotatable bonds is 2. The van der Waals surface area contributed by atoms with Gasteiger partial charge in [0.15, 0.2) is 0 Å². The van der Waals surface area contributed by atoms with Crippen LogP contribution in [0.5, 0.6) is 0 Å². The molecular formula is C14H17ClN4O. The van der Waals surface area contributed by atoms with E-state index >= 15 is 0 Å². The van der Waals surface area contributed by atoms with E-state index in [9.17, 15) is 4.79 Å². The van der Waals surface area contributed by atoms with Gasteiger partial charge in [0, 0.05) is 37.9 Å². The Morgan fingerprint density at radius 3 is 2.60 bits per heavy atom.